The van der Waals surface area contributed by atoms with Gasteiger partial charge < -0.3 is 20.6 Å². The van der Waals surface area contributed by atoms with E-state index >= 15 is 0 Å². The van der Waals surface area contributed by atoms with Crippen LogP contribution in [0.25, 0.3) is 0 Å². The van der Waals surface area contributed by atoms with Crippen LogP contribution in [0.15, 0.2) is 65.5 Å². The number of rotatable bonds is 5. The van der Waals surface area contributed by atoms with E-state index in [0.29, 0.717) is 22.4 Å². The Morgan fingerprint density at radius 1 is 1.14 bits per heavy atom. The summed E-state index contributed by atoms with van der Waals surface area (Å²) < 4.78 is 1.56. The number of nitrogens with one attached hydrogen (secondary N) is 1. The molecule has 0 spiro atoms. The van der Waals surface area contributed by atoms with E-state index in [0.717, 1.165) is 5.56 Å². The molecule has 2 aromatic carbocycles. The van der Waals surface area contributed by atoms with Crippen LogP contribution in [0.4, 0.5) is 5.95 Å². The predicted octanol–water partition coefficient (Wildman–Crippen LogP) is 2.97. The molecular weight excluding hydrogens is 380 g/mol. The van der Waals surface area contributed by atoms with Crippen molar-refractivity contribution in [2.75, 3.05) is 5.32 Å². The summed E-state index contributed by atoms with van der Waals surface area (Å²) >= 11 is 1.44. The Bertz CT molecular complexity index is 1070. The zero-order valence-electron chi connectivity index (χ0n) is 14.5. The SMILES string of the molecule is O=C(O)C1=C[C@@H](c2ccc(O)c(O)c2)n2nc(SCc3ccccc3)nc2N1. The molecule has 0 amide bonds. The first-order chi connectivity index (χ1) is 13.5. The molecule has 8 nitrogen and oxygen atoms in total. The van der Waals surface area contributed by atoms with Crippen molar-refractivity contribution in [2.24, 2.45) is 0 Å². The number of hydrogen-bond donors (Lipinski definition) is 4. The van der Waals surface area contributed by atoms with Gasteiger partial charge in [0.05, 0.1) is 0 Å². The summed E-state index contributed by atoms with van der Waals surface area (Å²) in [5, 5.41) is 36.5. The molecular formula is C19H16N4O4S. The van der Waals surface area contributed by atoms with Gasteiger partial charge in [0, 0.05) is 5.75 Å². The van der Waals surface area contributed by atoms with E-state index in [1.54, 1.807) is 10.7 Å². The molecule has 1 aromatic heterocycles. The van der Waals surface area contributed by atoms with Crippen LogP contribution in [-0.4, -0.2) is 36.1 Å². The molecule has 0 aliphatic carbocycles. The van der Waals surface area contributed by atoms with E-state index in [1.807, 2.05) is 30.3 Å². The summed E-state index contributed by atoms with van der Waals surface area (Å²) in [6.07, 6.45) is 1.49. The highest BCUT2D eigenvalue weighted by atomic mass is 32.2. The number of aliphatic carboxylic acids is 1. The number of carboxylic acids is 1. The fraction of sp³-hybridized carbons (Fsp3) is 0.105. The van der Waals surface area contributed by atoms with Gasteiger partial charge in [-0.1, -0.05) is 48.2 Å². The molecule has 2 heterocycles. The number of carbonyl (C=O) groups is 1. The van der Waals surface area contributed by atoms with Crippen molar-refractivity contribution in [1.82, 2.24) is 14.8 Å². The summed E-state index contributed by atoms with van der Waals surface area (Å²) in [5.41, 5.74) is 1.66. The van der Waals surface area contributed by atoms with Crippen molar-refractivity contribution in [3.05, 3.63) is 71.4 Å². The molecule has 3 aromatic rings. The summed E-state index contributed by atoms with van der Waals surface area (Å²) in [6, 6.07) is 13.6. The largest absolute Gasteiger partial charge is 0.504 e. The van der Waals surface area contributed by atoms with Crippen molar-refractivity contribution >= 4 is 23.7 Å². The van der Waals surface area contributed by atoms with Crippen LogP contribution < -0.4 is 5.32 Å². The monoisotopic (exact) mass is 396 g/mol. The lowest BCUT2D eigenvalue weighted by molar-refractivity contribution is -0.132. The molecule has 28 heavy (non-hydrogen) atoms. The molecule has 0 unspecified atom stereocenters. The van der Waals surface area contributed by atoms with E-state index in [1.165, 1.54) is 30.0 Å². The Balaban J connectivity index is 1.66. The van der Waals surface area contributed by atoms with Crippen LogP contribution in [0, 0.1) is 0 Å². The normalized spacial score (nSPS) is 15.4. The van der Waals surface area contributed by atoms with Gasteiger partial charge in [-0.15, -0.1) is 5.10 Å². The minimum absolute atomic E-state index is 0.0305. The molecule has 0 radical (unpaired) electrons. The number of nitrogens with zero attached hydrogens (tertiary/aromatic N) is 3. The Morgan fingerprint density at radius 2 is 1.93 bits per heavy atom. The third-order valence-corrected chi connectivity index (χ3v) is 5.14. The Labute approximate surface area is 164 Å². The lowest BCUT2D eigenvalue weighted by atomic mass is 10.0. The van der Waals surface area contributed by atoms with Crippen LogP contribution in [0.1, 0.15) is 17.2 Å². The van der Waals surface area contributed by atoms with E-state index in [2.05, 4.69) is 15.4 Å². The van der Waals surface area contributed by atoms with Gasteiger partial charge in [0.15, 0.2) is 11.5 Å². The highest BCUT2D eigenvalue weighted by molar-refractivity contribution is 7.98. The minimum Gasteiger partial charge on any atom is -0.504 e. The second kappa shape index (κ2) is 7.28. The van der Waals surface area contributed by atoms with Crippen molar-refractivity contribution in [3.63, 3.8) is 0 Å². The van der Waals surface area contributed by atoms with Gasteiger partial charge in [0.2, 0.25) is 11.1 Å². The molecule has 1 aliphatic rings. The average Bonchev–Trinajstić information content (AvgIpc) is 3.11. The van der Waals surface area contributed by atoms with Gasteiger partial charge in [0.1, 0.15) is 11.7 Å². The van der Waals surface area contributed by atoms with Crippen LogP contribution in [0.3, 0.4) is 0 Å². The molecule has 4 rings (SSSR count). The molecule has 1 atom stereocenters. The van der Waals surface area contributed by atoms with E-state index in [-0.39, 0.29) is 17.2 Å². The third-order valence-electron chi connectivity index (χ3n) is 4.23. The topological polar surface area (TPSA) is 120 Å². The van der Waals surface area contributed by atoms with Crippen molar-refractivity contribution < 1.29 is 20.1 Å². The molecule has 0 saturated carbocycles. The highest BCUT2D eigenvalue weighted by Gasteiger charge is 2.27. The Morgan fingerprint density at radius 3 is 2.64 bits per heavy atom. The highest BCUT2D eigenvalue weighted by Crippen LogP contribution is 2.35. The summed E-state index contributed by atoms with van der Waals surface area (Å²) in [6.45, 7) is 0. The summed E-state index contributed by atoms with van der Waals surface area (Å²) in [4.78, 5) is 15.9. The molecule has 1 aliphatic heterocycles. The zero-order chi connectivity index (χ0) is 19.7. The van der Waals surface area contributed by atoms with Crippen LogP contribution in [0.5, 0.6) is 11.5 Å². The molecule has 142 valence electrons. The number of aromatic hydroxyl groups is 2. The Hall–Kier alpha value is -3.46. The molecule has 4 N–H and O–H groups in total. The van der Waals surface area contributed by atoms with Crippen LogP contribution >= 0.6 is 11.8 Å². The maximum Gasteiger partial charge on any atom is 0.352 e. The first-order valence-electron chi connectivity index (χ1n) is 8.38. The molecule has 0 fully saturated rings. The lowest BCUT2D eigenvalue weighted by Gasteiger charge is -2.22. The summed E-state index contributed by atoms with van der Waals surface area (Å²) in [7, 11) is 0. The minimum atomic E-state index is -1.12. The number of hydrogen-bond acceptors (Lipinski definition) is 7. The van der Waals surface area contributed by atoms with Crippen LogP contribution in [0.2, 0.25) is 0 Å². The van der Waals surface area contributed by atoms with Gasteiger partial charge in [-0.05, 0) is 29.3 Å². The number of carboxylic acid groups (broad SMARTS) is 1. The third kappa shape index (κ3) is 3.52. The second-order valence-electron chi connectivity index (χ2n) is 6.14. The predicted molar refractivity (Wildman–Crippen MR) is 103 cm³/mol. The van der Waals surface area contributed by atoms with E-state index < -0.39 is 12.0 Å². The fourth-order valence-electron chi connectivity index (χ4n) is 2.84. The number of fused-ring (bicyclic) bond motifs is 1. The fourth-order valence-corrected chi connectivity index (χ4v) is 3.63. The average molecular weight is 396 g/mol. The van der Waals surface area contributed by atoms with Gasteiger partial charge in [0.25, 0.3) is 0 Å². The van der Waals surface area contributed by atoms with Crippen LogP contribution in [-0.2, 0) is 10.5 Å². The quantitative estimate of drug-likeness (QED) is 0.384. The number of phenols is 2. The number of benzene rings is 2. The van der Waals surface area contributed by atoms with Gasteiger partial charge >= 0.3 is 5.97 Å². The standard InChI is InChI=1S/C19H16N4O4S/c24-15-7-6-12(8-16(15)25)14-9-13(17(26)27)20-18-21-19(22-23(14)18)28-10-11-4-2-1-3-5-11/h1-9,14,24-25H,10H2,(H,26,27)(H,20,21,22)/t14-/m0/s1. The number of allylic oxidation sites excluding steroid dienone is 1. The molecule has 0 saturated heterocycles. The van der Waals surface area contributed by atoms with Crippen molar-refractivity contribution in [3.8, 4) is 11.5 Å². The molecule has 9 heteroatoms. The smallest absolute Gasteiger partial charge is 0.352 e. The van der Waals surface area contributed by atoms with Crippen molar-refractivity contribution in [1.29, 1.82) is 0 Å². The first-order valence-corrected chi connectivity index (χ1v) is 9.37. The number of anilines is 1. The number of phenolic OH excluding ortho intramolecular Hbond substituents is 2. The summed E-state index contributed by atoms with van der Waals surface area (Å²) in [5.74, 6) is -0.692. The lowest BCUT2D eigenvalue weighted by Crippen LogP contribution is -2.24. The Kier molecular flexibility index (Phi) is 4.66. The second-order valence-corrected chi connectivity index (χ2v) is 7.08. The number of aromatic nitrogens is 3. The van der Waals surface area contributed by atoms with E-state index in [4.69, 9.17) is 0 Å². The first kappa shape index (κ1) is 17.9. The van der Waals surface area contributed by atoms with E-state index in [9.17, 15) is 20.1 Å². The van der Waals surface area contributed by atoms with Crippen molar-refractivity contribution in [2.45, 2.75) is 17.0 Å². The zero-order valence-corrected chi connectivity index (χ0v) is 15.3. The maximum atomic E-state index is 11.5. The van der Waals surface area contributed by atoms with Gasteiger partial charge in [-0.2, -0.15) is 4.98 Å². The van der Waals surface area contributed by atoms with Gasteiger partial charge in [-0.25, -0.2) is 9.48 Å². The maximum absolute atomic E-state index is 11.5. The van der Waals surface area contributed by atoms with Gasteiger partial charge in [-0.3, -0.25) is 0 Å². The molecule has 0 bridgehead atoms. The number of thioether (sulfide) groups is 1.